The van der Waals surface area contributed by atoms with Crippen LogP contribution in [0.4, 0.5) is 0 Å². The van der Waals surface area contributed by atoms with Crippen molar-refractivity contribution in [3.63, 3.8) is 0 Å². The lowest BCUT2D eigenvalue weighted by Gasteiger charge is -2.24. The molecule has 0 heterocycles. The van der Waals surface area contributed by atoms with Gasteiger partial charge in [0.05, 0.1) is 25.2 Å². The highest BCUT2D eigenvalue weighted by molar-refractivity contribution is 5.77. The molecule has 6 nitrogen and oxygen atoms in total. The number of aliphatic hydroxyl groups is 2. The van der Waals surface area contributed by atoms with Crippen LogP contribution in [0.2, 0.25) is 0 Å². The molecule has 0 fully saturated rings. The molecule has 0 rings (SSSR count). The molecule has 392 valence electrons. The third-order valence-electron chi connectivity index (χ3n) is 13.4. The molecule has 0 aliphatic rings. The predicted octanol–water partition coefficient (Wildman–Crippen LogP) is 18.2. The molecule has 6 heteroatoms. The molecular weight excluding hydrogens is 827 g/mol. The number of hydrogen-bond acceptors (Lipinski definition) is 5. The summed E-state index contributed by atoms with van der Waals surface area (Å²) in [6.07, 6.45) is 67.4. The highest BCUT2D eigenvalue weighted by Gasteiger charge is 2.24. The van der Waals surface area contributed by atoms with E-state index in [1.54, 1.807) is 0 Å². The van der Waals surface area contributed by atoms with Gasteiger partial charge >= 0.3 is 5.97 Å². The summed E-state index contributed by atoms with van der Waals surface area (Å²) < 4.78 is 5.95. The first-order valence-electron chi connectivity index (χ1n) is 29.4. The summed E-state index contributed by atoms with van der Waals surface area (Å²) in [5.74, 6) is -0.500. The minimum Gasteiger partial charge on any atom is -0.462 e. The maximum Gasteiger partial charge on any atom is 0.306 e. The van der Waals surface area contributed by atoms with E-state index in [1.165, 1.54) is 173 Å². The topological polar surface area (TPSA) is 95.9 Å². The Morgan fingerprint density at radius 3 is 1.19 bits per heavy atom. The zero-order valence-corrected chi connectivity index (χ0v) is 44.8. The van der Waals surface area contributed by atoms with Gasteiger partial charge in [0.1, 0.15) is 6.10 Å². The molecular formula is C61H113NO5. The smallest absolute Gasteiger partial charge is 0.306 e. The van der Waals surface area contributed by atoms with E-state index in [2.05, 4.69) is 74.7 Å². The number of allylic oxidation sites excluding steroid dienone is 8. The molecule has 0 bridgehead atoms. The van der Waals surface area contributed by atoms with Crippen LogP contribution in [-0.2, 0) is 14.3 Å². The van der Waals surface area contributed by atoms with Gasteiger partial charge in [-0.15, -0.1) is 0 Å². The molecule has 0 aliphatic carbocycles. The number of esters is 1. The van der Waals surface area contributed by atoms with E-state index in [4.69, 9.17) is 4.74 Å². The minimum atomic E-state index is -0.796. The first-order chi connectivity index (χ1) is 33.0. The molecule has 3 unspecified atom stereocenters. The van der Waals surface area contributed by atoms with Gasteiger partial charge in [-0.25, -0.2) is 0 Å². The molecule has 3 N–H and O–H groups in total. The number of unbranched alkanes of at least 4 members (excludes halogenated alkanes) is 35. The number of nitrogens with one attached hydrogen (secondary N) is 1. The van der Waals surface area contributed by atoms with Gasteiger partial charge in [-0.3, -0.25) is 9.59 Å². The second-order valence-corrected chi connectivity index (χ2v) is 20.1. The van der Waals surface area contributed by atoms with E-state index in [0.29, 0.717) is 19.3 Å². The summed E-state index contributed by atoms with van der Waals surface area (Å²) in [5, 5.41) is 23.9. The highest BCUT2D eigenvalue weighted by Crippen LogP contribution is 2.18. The SMILES string of the molecule is CCCCCCC/C=C/C=C/C=C/CCCCCCCC(=O)OC(CCCCC/C=C/CCCCCCCCCCC)CC(=O)NC(CO)C(O)CCCCCCCCCCCCCCCC. The Morgan fingerprint density at radius 2 is 0.776 bits per heavy atom. The number of carbonyl (C=O) groups is 2. The fourth-order valence-corrected chi connectivity index (χ4v) is 8.96. The van der Waals surface area contributed by atoms with E-state index in [-0.39, 0.29) is 24.9 Å². The molecule has 67 heavy (non-hydrogen) atoms. The molecule has 0 spiro atoms. The minimum absolute atomic E-state index is 0.0601. The van der Waals surface area contributed by atoms with Gasteiger partial charge in [-0.2, -0.15) is 0 Å². The van der Waals surface area contributed by atoms with E-state index >= 15 is 0 Å². The lowest BCUT2D eigenvalue weighted by molar-refractivity contribution is -0.151. The van der Waals surface area contributed by atoms with Gasteiger partial charge in [0.15, 0.2) is 0 Å². The monoisotopic (exact) mass is 940 g/mol. The standard InChI is InChI=1S/C61H113NO5/c1-4-7-10-13-16-19-22-25-28-30-31-33-36-39-42-45-48-51-54-61(66)67-57(52-49-46-43-40-37-34-32-29-26-23-20-17-14-11-8-5-2)55-60(65)62-58(56-63)59(64)53-50-47-44-41-38-35-27-24-21-18-15-12-9-6-3/h22,25,28,30-31,33-34,37,57-59,63-64H,4-21,23-24,26-27,29,32,35-36,38-56H2,1-3H3,(H,62,65)/b25-22+,30-28+,33-31+,37-34+. The second-order valence-electron chi connectivity index (χ2n) is 20.1. The van der Waals surface area contributed by atoms with Crippen LogP contribution in [-0.4, -0.2) is 46.9 Å². The Balaban J connectivity index is 4.61. The van der Waals surface area contributed by atoms with Gasteiger partial charge in [-0.1, -0.05) is 262 Å². The zero-order chi connectivity index (χ0) is 48.8. The first kappa shape index (κ1) is 64.8. The molecule has 0 saturated carbocycles. The molecule has 0 radical (unpaired) electrons. The van der Waals surface area contributed by atoms with Crippen molar-refractivity contribution in [2.45, 2.75) is 322 Å². The van der Waals surface area contributed by atoms with Crippen LogP contribution < -0.4 is 5.32 Å². The van der Waals surface area contributed by atoms with Gasteiger partial charge in [0, 0.05) is 6.42 Å². The normalized spacial score (nSPS) is 13.4. The molecule has 0 aliphatic heterocycles. The number of carbonyl (C=O) groups excluding carboxylic acids is 2. The summed E-state index contributed by atoms with van der Waals surface area (Å²) in [6.45, 7) is 6.49. The fraction of sp³-hybridized carbons (Fsp3) is 0.836. The van der Waals surface area contributed by atoms with E-state index in [9.17, 15) is 19.8 Å². The molecule has 1 amide bonds. The Hall–Kier alpha value is -2.18. The third kappa shape index (κ3) is 50.0. The van der Waals surface area contributed by atoms with Gasteiger partial charge < -0.3 is 20.3 Å². The van der Waals surface area contributed by atoms with Crippen molar-refractivity contribution >= 4 is 11.9 Å². The Kier molecular flexibility index (Phi) is 53.0. The van der Waals surface area contributed by atoms with Crippen LogP contribution in [0.5, 0.6) is 0 Å². The lowest BCUT2D eigenvalue weighted by atomic mass is 10.0. The van der Waals surface area contributed by atoms with Crippen LogP contribution in [0.25, 0.3) is 0 Å². The van der Waals surface area contributed by atoms with E-state index in [0.717, 1.165) is 83.5 Å². The van der Waals surface area contributed by atoms with Crippen LogP contribution in [0, 0.1) is 0 Å². The molecule has 0 aromatic carbocycles. The van der Waals surface area contributed by atoms with Gasteiger partial charge in [0.25, 0.3) is 0 Å². The van der Waals surface area contributed by atoms with Crippen molar-refractivity contribution in [2.24, 2.45) is 0 Å². The van der Waals surface area contributed by atoms with Crippen molar-refractivity contribution in [1.29, 1.82) is 0 Å². The maximum atomic E-state index is 13.3. The van der Waals surface area contributed by atoms with Crippen LogP contribution in [0.1, 0.15) is 303 Å². The Morgan fingerprint density at radius 1 is 0.433 bits per heavy atom. The number of rotatable bonds is 53. The predicted molar refractivity (Wildman–Crippen MR) is 292 cm³/mol. The molecule has 0 saturated heterocycles. The summed E-state index contributed by atoms with van der Waals surface area (Å²) in [5.41, 5.74) is 0. The van der Waals surface area contributed by atoms with E-state index < -0.39 is 18.2 Å². The lowest BCUT2D eigenvalue weighted by Crippen LogP contribution is -2.46. The van der Waals surface area contributed by atoms with Crippen molar-refractivity contribution in [2.75, 3.05) is 6.61 Å². The zero-order valence-electron chi connectivity index (χ0n) is 44.8. The van der Waals surface area contributed by atoms with Crippen molar-refractivity contribution in [3.8, 4) is 0 Å². The summed E-state index contributed by atoms with van der Waals surface area (Å²) in [6, 6.07) is -0.711. The van der Waals surface area contributed by atoms with Crippen molar-refractivity contribution in [1.82, 2.24) is 5.32 Å². The highest BCUT2D eigenvalue weighted by atomic mass is 16.5. The Bertz CT molecular complexity index is 1150. The average Bonchev–Trinajstić information content (AvgIpc) is 3.32. The summed E-state index contributed by atoms with van der Waals surface area (Å²) in [4.78, 5) is 26.3. The Labute approximate surface area is 416 Å². The van der Waals surface area contributed by atoms with E-state index in [1.807, 2.05) is 0 Å². The van der Waals surface area contributed by atoms with Crippen LogP contribution in [0.15, 0.2) is 48.6 Å². The third-order valence-corrected chi connectivity index (χ3v) is 13.4. The van der Waals surface area contributed by atoms with Gasteiger partial charge in [-0.05, 0) is 77.0 Å². The summed E-state index contributed by atoms with van der Waals surface area (Å²) in [7, 11) is 0. The molecule has 3 atom stereocenters. The fourth-order valence-electron chi connectivity index (χ4n) is 8.96. The largest absolute Gasteiger partial charge is 0.462 e. The maximum absolute atomic E-state index is 13.3. The average molecular weight is 941 g/mol. The number of amides is 1. The van der Waals surface area contributed by atoms with Crippen molar-refractivity contribution in [3.05, 3.63) is 48.6 Å². The number of aliphatic hydroxyl groups excluding tert-OH is 2. The van der Waals surface area contributed by atoms with Crippen LogP contribution in [0.3, 0.4) is 0 Å². The van der Waals surface area contributed by atoms with Gasteiger partial charge in [0.2, 0.25) is 5.91 Å². The second kappa shape index (κ2) is 54.8. The molecule has 0 aromatic rings. The number of ether oxygens (including phenoxy) is 1. The number of hydrogen-bond donors (Lipinski definition) is 3. The molecule has 0 aromatic heterocycles. The van der Waals surface area contributed by atoms with Crippen molar-refractivity contribution < 1.29 is 24.5 Å². The quantitative estimate of drug-likeness (QED) is 0.0244. The first-order valence-corrected chi connectivity index (χ1v) is 29.4. The van der Waals surface area contributed by atoms with Crippen LogP contribution >= 0.6 is 0 Å². The summed E-state index contributed by atoms with van der Waals surface area (Å²) >= 11 is 0.